The maximum Gasteiger partial charge on any atom is 0.325 e. The van der Waals surface area contributed by atoms with E-state index in [1.807, 2.05) is 0 Å². The molecule has 0 aromatic rings. The number of nitrogens with zero attached hydrogens (tertiary/aromatic N) is 2. The van der Waals surface area contributed by atoms with Crippen LogP contribution in [0.3, 0.4) is 0 Å². The van der Waals surface area contributed by atoms with E-state index in [2.05, 4.69) is 46.7 Å². The number of esters is 2. The lowest BCUT2D eigenvalue weighted by Gasteiger charge is -2.29. The lowest BCUT2D eigenvalue weighted by atomic mass is 9.93. The van der Waals surface area contributed by atoms with Crippen LogP contribution in [0.5, 0.6) is 0 Å². The maximum absolute atomic E-state index is 13.4. The number of ether oxygens (including phenoxy) is 4. The monoisotopic (exact) mass is 865 g/mol. The van der Waals surface area contributed by atoms with Crippen LogP contribution in [-0.2, 0) is 33.3 Å². The van der Waals surface area contributed by atoms with Crippen molar-refractivity contribution in [3.8, 4) is 0 Å². The first-order valence-electron chi connectivity index (χ1n) is 26.1. The molecule has 1 heterocycles. The standard InChI is InChI=1S/C52H100N2O7/c1-8-12-16-20-22-28-35-46(34-26-18-14-10-3)50(56)54(7)44-49(55)58-42-32-24-30-39-52(60-45-48(61-52)38-41-53(5)6)40-31-25-33-43-59-51(57)47(36-27-19-15-11-4)37-29-23-21-17-13-9-2/h46-48H,8-45H2,1-7H3. The summed E-state index contributed by atoms with van der Waals surface area (Å²) in [6.07, 6.45) is 35.9. The van der Waals surface area contributed by atoms with Gasteiger partial charge in [0.1, 0.15) is 6.54 Å². The summed E-state index contributed by atoms with van der Waals surface area (Å²) in [6, 6.07) is 0. The first-order valence-corrected chi connectivity index (χ1v) is 26.1. The Morgan fingerprint density at radius 2 is 0.984 bits per heavy atom. The molecule has 9 nitrogen and oxygen atoms in total. The molecule has 0 saturated carbocycles. The van der Waals surface area contributed by atoms with Crippen molar-refractivity contribution in [1.82, 2.24) is 9.80 Å². The van der Waals surface area contributed by atoms with Gasteiger partial charge in [-0.15, -0.1) is 0 Å². The fraction of sp³-hybridized carbons (Fsp3) is 0.942. The number of unbranched alkanes of at least 4 members (excludes halogenated alkanes) is 20. The van der Waals surface area contributed by atoms with Crippen LogP contribution >= 0.6 is 0 Å². The Hall–Kier alpha value is -1.71. The summed E-state index contributed by atoms with van der Waals surface area (Å²) in [5.41, 5.74) is 0. The fourth-order valence-corrected chi connectivity index (χ4v) is 8.75. The van der Waals surface area contributed by atoms with E-state index in [0.29, 0.717) is 19.8 Å². The lowest BCUT2D eigenvalue weighted by Crippen LogP contribution is -2.37. The van der Waals surface area contributed by atoms with E-state index >= 15 is 0 Å². The van der Waals surface area contributed by atoms with Gasteiger partial charge in [0.15, 0.2) is 5.79 Å². The van der Waals surface area contributed by atoms with Crippen molar-refractivity contribution >= 4 is 17.8 Å². The number of carbonyl (C=O) groups excluding carboxylic acids is 3. The Balaban J connectivity index is 2.53. The highest BCUT2D eigenvalue weighted by Gasteiger charge is 2.40. The maximum atomic E-state index is 13.4. The molecule has 0 N–H and O–H groups in total. The van der Waals surface area contributed by atoms with Gasteiger partial charge in [0.05, 0.1) is 31.8 Å². The summed E-state index contributed by atoms with van der Waals surface area (Å²) >= 11 is 0. The fourth-order valence-electron chi connectivity index (χ4n) is 8.75. The smallest absolute Gasteiger partial charge is 0.325 e. The zero-order valence-corrected chi connectivity index (χ0v) is 41.4. The van der Waals surface area contributed by atoms with Crippen molar-refractivity contribution in [3.05, 3.63) is 0 Å². The SMILES string of the molecule is CCCCCCCCC(CCCCCC)C(=O)OCCCCCC1(CCCCCOC(=O)CN(C)C(=O)C(CCCCCC)CCCCCCCC)OCC(CCN(C)C)O1. The Bertz CT molecular complexity index is 1060. The van der Waals surface area contributed by atoms with E-state index in [9.17, 15) is 14.4 Å². The Kier molecular flexibility index (Phi) is 36.4. The summed E-state index contributed by atoms with van der Waals surface area (Å²) in [4.78, 5) is 43.2. The van der Waals surface area contributed by atoms with Crippen LogP contribution in [0.1, 0.15) is 240 Å². The minimum absolute atomic E-state index is 0.00427. The van der Waals surface area contributed by atoms with Crippen LogP contribution < -0.4 is 0 Å². The second-order valence-corrected chi connectivity index (χ2v) is 19.0. The highest BCUT2D eigenvalue weighted by atomic mass is 16.7. The average molecular weight is 865 g/mol. The Labute approximate surface area is 377 Å². The van der Waals surface area contributed by atoms with E-state index in [0.717, 1.165) is 122 Å². The first kappa shape index (κ1) is 57.3. The third-order valence-electron chi connectivity index (χ3n) is 12.8. The van der Waals surface area contributed by atoms with Gasteiger partial charge in [0, 0.05) is 32.4 Å². The molecule has 0 bridgehead atoms. The predicted molar refractivity (Wildman–Crippen MR) is 254 cm³/mol. The molecule has 1 fully saturated rings. The van der Waals surface area contributed by atoms with Crippen molar-refractivity contribution in [2.75, 3.05) is 54.1 Å². The second kappa shape index (κ2) is 38.7. The molecule has 1 amide bonds. The van der Waals surface area contributed by atoms with Crippen LogP contribution in [0.25, 0.3) is 0 Å². The largest absolute Gasteiger partial charge is 0.465 e. The van der Waals surface area contributed by atoms with Crippen molar-refractivity contribution in [3.63, 3.8) is 0 Å². The van der Waals surface area contributed by atoms with E-state index < -0.39 is 5.79 Å². The van der Waals surface area contributed by atoms with Crippen molar-refractivity contribution in [1.29, 1.82) is 0 Å². The van der Waals surface area contributed by atoms with Gasteiger partial charge in [-0.05, 0) is 84.7 Å². The summed E-state index contributed by atoms with van der Waals surface area (Å²) in [6.45, 7) is 11.4. The van der Waals surface area contributed by atoms with E-state index in [-0.39, 0.29) is 42.3 Å². The molecule has 0 aliphatic carbocycles. The molecule has 1 aliphatic rings. The summed E-state index contributed by atoms with van der Waals surface area (Å²) in [7, 11) is 5.93. The average Bonchev–Trinajstić information content (AvgIpc) is 3.66. The van der Waals surface area contributed by atoms with E-state index in [4.69, 9.17) is 18.9 Å². The lowest BCUT2D eigenvalue weighted by molar-refractivity contribution is -0.180. The second-order valence-electron chi connectivity index (χ2n) is 19.0. The molecule has 1 aliphatic heterocycles. The van der Waals surface area contributed by atoms with Crippen molar-refractivity contribution in [2.24, 2.45) is 11.8 Å². The molecular formula is C52H100N2O7. The van der Waals surface area contributed by atoms with Gasteiger partial charge >= 0.3 is 11.9 Å². The van der Waals surface area contributed by atoms with Gasteiger partial charge in [-0.2, -0.15) is 0 Å². The van der Waals surface area contributed by atoms with E-state index in [1.54, 1.807) is 11.9 Å². The van der Waals surface area contributed by atoms with Crippen LogP contribution in [0, 0.1) is 11.8 Å². The third-order valence-corrected chi connectivity index (χ3v) is 12.8. The van der Waals surface area contributed by atoms with Gasteiger partial charge < -0.3 is 28.7 Å². The van der Waals surface area contributed by atoms with Crippen LogP contribution in [0.2, 0.25) is 0 Å². The Morgan fingerprint density at radius 1 is 0.557 bits per heavy atom. The molecule has 1 saturated heterocycles. The van der Waals surface area contributed by atoms with Gasteiger partial charge in [-0.25, -0.2) is 0 Å². The quantitative estimate of drug-likeness (QED) is 0.0442. The zero-order valence-electron chi connectivity index (χ0n) is 41.4. The van der Waals surface area contributed by atoms with Crippen LogP contribution in [-0.4, -0.2) is 93.6 Å². The molecule has 0 aromatic carbocycles. The van der Waals surface area contributed by atoms with Gasteiger partial charge in [-0.3, -0.25) is 14.4 Å². The number of hydrogen-bond acceptors (Lipinski definition) is 8. The van der Waals surface area contributed by atoms with Crippen molar-refractivity contribution < 1.29 is 33.3 Å². The molecule has 9 heteroatoms. The highest BCUT2D eigenvalue weighted by molar-refractivity contribution is 5.83. The Morgan fingerprint density at radius 3 is 1.48 bits per heavy atom. The topological polar surface area (TPSA) is 94.6 Å². The molecule has 61 heavy (non-hydrogen) atoms. The molecule has 360 valence electrons. The number of carbonyl (C=O) groups is 3. The molecule has 0 radical (unpaired) electrons. The molecule has 4 unspecified atom stereocenters. The minimum atomic E-state index is -0.587. The summed E-state index contributed by atoms with van der Waals surface area (Å²) in [5.74, 6) is -0.767. The number of hydrogen-bond donors (Lipinski definition) is 0. The summed E-state index contributed by atoms with van der Waals surface area (Å²) < 4.78 is 24.6. The molecule has 0 aromatic heterocycles. The van der Waals surface area contributed by atoms with E-state index in [1.165, 1.54) is 96.3 Å². The van der Waals surface area contributed by atoms with Gasteiger partial charge in [0.2, 0.25) is 5.91 Å². The first-order chi connectivity index (χ1) is 29.6. The number of rotatable bonds is 43. The molecule has 4 atom stereocenters. The third kappa shape index (κ3) is 30.1. The van der Waals surface area contributed by atoms with Crippen molar-refractivity contribution in [2.45, 2.75) is 251 Å². The normalized spacial score (nSPS) is 17.5. The van der Waals surface area contributed by atoms with Gasteiger partial charge in [-0.1, -0.05) is 156 Å². The number of amides is 1. The molecule has 0 spiro atoms. The number of likely N-dealkylation sites (N-methyl/N-ethyl adjacent to an activating group) is 1. The minimum Gasteiger partial charge on any atom is -0.465 e. The molecular weight excluding hydrogens is 765 g/mol. The predicted octanol–water partition coefficient (Wildman–Crippen LogP) is 13.4. The summed E-state index contributed by atoms with van der Waals surface area (Å²) in [5, 5.41) is 0. The van der Waals surface area contributed by atoms with Crippen LogP contribution in [0.4, 0.5) is 0 Å². The zero-order chi connectivity index (χ0) is 44.8. The van der Waals surface area contributed by atoms with Crippen LogP contribution in [0.15, 0.2) is 0 Å². The highest BCUT2D eigenvalue weighted by Crippen LogP contribution is 2.35. The van der Waals surface area contributed by atoms with Gasteiger partial charge in [0.25, 0.3) is 0 Å². The molecule has 1 rings (SSSR count).